The summed E-state index contributed by atoms with van der Waals surface area (Å²) in [6.07, 6.45) is 2.40. The molecule has 0 radical (unpaired) electrons. The lowest BCUT2D eigenvalue weighted by molar-refractivity contribution is -0.131. The average molecular weight is 317 g/mol. The summed E-state index contributed by atoms with van der Waals surface area (Å²) in [5.41, 5.74) is 6.25. The van der Waals surface area contributed by atoms with E-state index in [0.717, 1.165) is 0 Å². The van der Waals surface area contributed by atoms with Crippen molar-refractivity contribution in [1.82, 2.24) is 20.0 Å². The first-order chi connectivity index (χ1) is 10.9. The molecule has 0 saturated heterocycles. The van der Waals surface area contributed by atoms with E-state index in [0.29, 0.717) is 43.3 Å². The first-order valence-corrected chi connectivity index (χ1v) is 7.59. The van der Waals surface area contributed by atoms with Crippen LogP contribution in [0.15, 0.2) is 28.9 Å². The number of hydrogen-bond donors (Lipinski definition) is 1. The van der Waals surface area contributed by atoms with Crippen molar-refractivity contribution < 1.29 is 9.32 Å². The van der Waals surface area contributed by atoms with Gasteiger partial charge in [0.25, 0.3) is 0 Å². The Balaban J connectivity index is 1.89. The molecule has 0 saturated carbocycles. The van der Waals surface area contributed by atoms with Crippen molar-refractivity contribution in [3.63, 3.8) is 0 Å². The standard InChI is InChI=1S/C16H23N5O2/c1-16(2,10-17)11-21(3)14(22)8-7-13-19-15(20-23-13)12-6-4-5-9-18-12/h4-6,9H,7-8,10-11,17H2,1-3H3. The Morgan fingerprint density at radius 3 is 2.83 bits per heavy atom. The fourth-order valence-electron chi connectivity index (χ4n) is 2.15. The molecule has 2 rings (SSSR count). The van der Waals surface area contributed by atoms with E-state index in [1.165, 1.54) is 0 Å². The van der Waals surface area contributed by atoms with Crippen LogP contribution in [0.5, 0.6) is 0 Å². The highest BCUT2D eigenvalue weighted by Crippen LogP contribution is 2.16. The molecule has 2 aromatic heterocycles. The predicted octanol–water partition coefficient (Wildman–Crippen LogP) is 1.51. The van der Waals surface area contributed by atoms with Gasteiger partial charge >= 0.3 is 0 Å². The summed E-state index contributed by atoms with van der Waals surface area (Å²) in [5.74, 6) is 0.903. The lowest BCUT2D eigenvalue weighted by atomic mass is 9.93. The quantitative estimate of drug-likeness (QED) is 0.831. The molecule has 2 N–H and O–H groups in total. The Labute approximate surface area is 135 Å². The first-order valence-electron chi connectivity index (χ1n) is 7.59. The summed E-state index contributed by atoms with van der Waals surface area (Å²) in [6, 6.07) is 5.49. The van der Waals surface area contributed by atoms with Crippen molar-refractivity contribution in [2.75, 3.05) is 20.1 Å². The number of aryl methyl sites for hydroxylation is 1. The molecule has 0 fully saturated rings. The summed E-state index contributed by atoms with van der Waals surface area (Å²) in [4.78, 5) is 22.3. The van der Waals surface area contributed by atoms with Crippen LogP contribution in [0, 0.1) is 5.41 Å². The van der Waals surface area contributed by atoms with E-state index >= 15 is 0 Å². The molecule has 0 aromatic carbocycles. The number of rotatable bonds is 7. The van der Waals surface area contributed by atoms with Crippen LogP contribution < -0.4 is 5.73 Å². The Kier molecular flexibility index (Phi) is 5.44. The second-order valence-corrected chi connectivity index (χ2v) is 6.34. The third-order valence-electron chi connectivity index (χ3n) is 3.56. The lowest BCUT2D eigenvalue weighted by Crippen LogP contribution is -2.39. The Bertz CT molecular complexity index is 639. The number of nitrogens with two attached hydrogens (primary N) is 1. The highest BCUT2D eigenvalue weighted by Gasteiger charge is 2.21. The molecule has 1 amide bonds. The van der Waals surface area contributed by atoms with Crippen molar-refractivity contribution in [3.05, 3.63) is 30.3 Å². The minimum absolute atomic E-state index is 0.0316. The molecule has 7 heteroatoms. The van der Waals surface area contributed by atoms with Gasteiger partial charge in [-0.15, -0.1) is 0 Å². The average Bonchev–Trinajstić information content (AvgIpc) is 3.02. The molecule has 2 heterocycles. The molecular weight excluding hydrogens is 294 g/mol. The van der Waals surface area contributed by atoms with Crippen LogP contribution in [-0.2, 0) is 11.2 Å². The van der Waals surface area contributed by atoms with Gasteiger partial charge in [-0.2, -0.15) is 4.98 Å². The second kappa shape index (κ2) is 7.32. The van der Waals surface area contributed by atoms with Gasteiger partial charge in [0.2, 0.25) is 17.6 Å². The predicted molar refractivity (Wildman–Crippen MR) is 86.3 cm³/mol. The van der Waals surface area contributed by atoms with Crippen molar-refractivity contribution in [1.29, 1.82) is 0 Å². The molecule has 23 heavy (non-hydrogen) atoms. The maximum Gasteiger partial charge on any atom is 0.227 e. The Morgan fingerprint density at radius 1 is 1.39 bits per heavy atom. The van der Waals surface area contributed by atoms with Gasteiger partial charge < -0.3 is 15.2 Å². The van der Waals surface area contributed by atoms with Crippen molar-refractivity contribution in [3.8, 4) is 11.5 Å². The van der Waals surface area contributed by atoms with E-state index in [4.69, 9.17) is 10.3 Å². The van der Waals surface area contributed by atoms with E-state index in [2.05, 4.69) is 15.1 Å². The van der Waals surface area contributed by atoms with E-state index in [9.17, 15) is 4.79 Å². The highest BCUT2D eigenvalue weighted by molar-refractivity contribution is 5.76. The zero-order chi connectivity index (χ0) is 16.9. The van der Waals surface area contributed by atoms with Crippen LogP contribution in [0.4, 0.5) is 0 Å². The molecule has 0 aliphatic heterocycles. The summed E-state index contributed by atoms with van der Waals surface area (Å²) in [7, 11) is 1.78. The Morgan fingerprint density at radius 2 is 2.17 bits per heavy atom. The molecular formula is C16H23N5O2. The largest absolute Gasteiger partial charge is 0.345 e. The molecule has 124 valence electrons. The van der Waals surface area contributed by atoms with Gasteiger partial charge in [-0.1, -0.05) is 25.1 Å². The van der Waals surface area contributed by atoms with Gasteiger partial charge in [0.15, 0.2) is 0 Å². The zero-order valence-corrected chi connectivity index (χ0v) is 13.8. The zero-order valence-electron chi connectivity index (χ0n) is 13.8. The van der Waals surface area contributed by atoms with Crippen LogP contribution in [0.25, 0.3) is 11.5 Å². The maximum atomic E-state index is 12.2. The summed E-state index contributed by atoms with van der Waals surface area (Å²) in [6.45, 7) is 5.22. The Hall–Kier alpha value is -2.28. The summed E-state index contributed by atoms with van der Waals surface area (Å²) in [5, 5.41) is 3.89. The van der Waals surface area contributed by atoms with Crippen molar-refractivity contribution in [2.45, 2.75) is 26.7 Å². The molecule has 7 nitrogen and oxygen atoms in total. The molecule has 0 atom stereocenters. The van der Waals surface area contributed by atoms with Crippen molar-refractivity contribution >= 4 is 5.91 Å². The van der Waals surface area contributed by atoms with Gasteiger partial charge in [0.05, 0.1) is 0 Å². The molecule has 0 spiro atoms. The van der Waals surface area contributed by atoms with E-state index in [1.807, 2.05) is 32.0 Å². The van der Waals surface area contributed by atoms with E-state index < -0.39 is 0 Å². The van der Waals surface area contributed by atoms with Crippen LogP contribution in [0.3, 0.4) is 0 Å². The van der Waals surface area contributed by atoms with Gasteiger partial charge in [-0.05, 0) is 24.1 Å². The molecule has 2 aromatic rings. The second-order valence-electron chi connectivity index (χ2n) is 6.34. The van der Waals surface area contributed by atoms with Gasteiger partial charge in [0.1, 0.15) is 5.69 Å². The lowest BCUT2D eigenvalue weighted by Gasteiger charge is -2.29. The summed E-state index contributed by atoms with van der Waals surface area (Å²) < 4.78 is 5.18. The smallest absolute Gasteiger partial charge is 0.227 e. The van der Waals surface area contributed by atoms with Crippen molar-refractivity contribution in [2.24, 2.45) is 11.1 Å². The molecule has 0 aliphatic rings. The maximum absolute atomic E-state index is 12.2. The fourth-order valence-corrected chi connectivity index (χ4v) is 2.15. The normalized spacial score (nSPS) is 11.5. The third-order valence-corrected chi connectivity index (χ3v) is 3.56. The molecule has 0 aliphatic carbocycles. The highest BCUT2D eigenvalue weighted by atomic mass is 16.5. The van der Waals surface area contributed by atoms with Crippen LogP contribution in [-0.4, -0.2) is 46.1 Å². The first kappa shape index (κ1) is 17.1. The monoisotopic (exact) mass is 317 g/mol. The number of carbonyl (C=O) groups excluding carboxylic acids is 1. The van der Waals surface area contributed by atoms with Crippen LogP contribution in [0.1, 0.15) is 26.2 Å². The van der Waals surface area contributed by atoms with E-state index in [-0.39, 0.29) is 11.3 Å². The number of aromatic nitrogens is 3. The number of amides is 1. The van der Waals surface area contributed by atoms with Crippen LogP contribution in [0.2, 0.25) is 0 Å². The van der Waals surface area contributed by atoms with E-state index in [1.54, 1.807) is 18.1 Å². The number of carbonyl (C=O) groups is 1. The van der Waals surface area contributed by atoms with Gasteiger partial charge in [0, 0.05) is 32.6 Å². The van der Waals surface area contributed by atoms with Gasteiger partial charge in [-0.3, -0.25) is 9.78 Å². The fraction of sp³-hybridized carbons (Fsp3) is 0.500. The number of hydrogen-bond acceptors (Lipinski definition) is 6. The van der Waals surface area contributed by atoms with Gasteiger partial charge in [-0.25, -0.2) is 0 Å². The third kappa shape index (κ3) is 4.85. The molecule has 0 unspecified atom stereocenters. The summed E-state index contributed by atoms with van der Waals surface area (Å²) >= 11 is 0. The number of pyridine rings is 1. The minimum atomic E-state index is -0.0962. The number of nitrogens with zero attached hydrogens (tertiary/aromatic N) is 4. The van der Waals surface area contributed by atoms with Crippen LogP contribution >= 0.6 is 0 Å². The topological polar surface area (TPSA) is 98.1 Å². The molecule has 0 bridgehead atoms. The SMILES string of the molecule is CN(CC(C)(C)CN)C(=O)CCc1nc(-c2ccccn2)no1. The minimum Gasteiger partial charge on any atom is -0.345 e.